The number of aromatic nitrogens is 2. The van der Waals surface area contributed by atoms with Crippen LogP contribution in [-0.4, -0.2) is 70.6 Å². The minimum absolute atomic E-state index is 0.0526. The molecule has 218 valence electrons. The number of aliphatic imine (C=N–C) groups is 1. The van der Waals surface area contributed by atoms with E-state index in [0.717, 1.165) is 79.8 Å². The van der Waals surface area contributed by atoms with Gasteiger partial charge in [0.1, 0.15) is 0 Å². The van der Waals surface area contributed by atoms with Crippen molar-refractivity contribution in [2.45, 2.75) is 65.2 Å². The van der Waals surface area contributed by atoms with Crippen molar-refractivity contribution in [2.75, 3.05) is 32.7 Å². The molecule has 9 nitrogen and oxygen atoms in total. The van der Waals surface area contributed by atoms with Crippen LogP contribution in [0.5, 0.6) is 0 Å². The average molecular weight is 558 g/mol. The van der Waals surface area contributed by atoms with Crippen LogP contribution >= 0.6 is 0 Å². The lowest BCUT2D eigenvalue weighted by Crippen LogP contribution is -2.46. The van der Waals surface area contributed by atoms with Gasteiger partial charge >= 0.3 is 0 Å². The zero-order valence-corrected chi connectivity index (χ0v) is 24.7. The summed E-state index contributed by atoms with van der Waals surface area (Å²) < 4.78 is 0. The highest BCUT2D eigenvalue weighted by Gasteiger charge is 2.29. The van der Waals surface area contributed by atoms with Gasteiger partial charge in [-0.25, -0.2) is 9.98 Å². The fraction of sp³-hybridized carbons (Fsp3) is 0.500. The summed E-state index contributed by atoms with van der Waals surface area (Å²) >= 11 is 0. The number of nitrogens with two attached hydrogens (primary N) is 2. The van der Waals surface area contributed by atoms with Gasteiger partial charge in [-0.15, -0.1) is 0 Å². The Morgan fingerprint density at radius 1 is 1.10 bits per heavy atom. The number of carbonyl (C=O) groups excluding carboxylic acids is 2. The molecule has 0 spiro atoms. The number of hydrogen-bond donors (Lipinski definition) is 3. The molecule has 0 aliphatic carbocycles. The molecule has 0 saturated carbocycles. The van der Waals surface area contributed by atoms with E-state index in [0.29, 0.717) is 24.2 Å². The van der Waals surface area contributed by atoms with Crippen LogP contribution in [-0.2, 0) is 9.59 Å². The van der Waals surface area contributed by atoms with Crippen molar-refractivity contribution in [1.82, 2.24) is 19.8 Å². The molecule has 2 aliphatic rings. The Hall–Kier alpha value is -3.72. The molecule has 41 heavy (non-hydrogen) atoms. The van der Waals surface area contributed by atoms with Gasteiger partial charge in [0, 0.05) is 41.7 Å². The van der Waals surface area contributed by atoms with Gasteiger partial charge in [0.25, 0.3) is 0 Å². The molecule has 2 saturated heterocycles. The molecule has 2 aromatic heterocycles. The molecule has 0 unspecified atom stereocenters. The first-order chi connectivity index (χ1) is 19.7. The third kappa shape index (κ3) is 5.86. The van der Waals surface area contributed by atoms with Crippen molar-refractivity contribution in [3.05, 3.63) is 46.6 Å². The fourth-order valence-corrected chi connectivity index (χ4v) is 6.57. The van der Waals surface area contributed by atoms with Crippen molar-refractivity contribution in [3.8, 4) is 11.3 Å². The van der Waals surface area contributed by atoms with Gasteiger partial charge in [-0.3, -0.25) is 14.5 Å². The summed E-state index contributed by atoms with van der Waals surface area (Å²) in [6.45, 7) is 12.1. The third-order valence-corrected chi connectivity index (χ3v) is 9.19. The number of rotatable bonds is 7. The van der Waals surface area contributed by atoms with Crippen LogP contribution in [0.4, 0.5) is 5.82 Å². The van der Waals surface area contributed by atoms with Crippen molar-refractivity contribution in [3.63, 3.8) is 0 Å². The lowest BCUT2D eigenvalue weighted by molar-refractivity contribution is -0.134. The molecule has 0 bridgehead atoms. The summed E-state index contributed by atoms with van der Waals surface area (Å²) in [5.74, 6) is 1.31. The van der Waals surface area contributed by atoms with Crippen molar-refractivity contribution >= 4 is 34.9 Å². The van der Waals surface area contributed by atoms with E-state index < -0.39 is 0 Å². The number of fused-ring (bicyclic) bond motifs is 1. The number of amides is 2. The first-order valence-electron chi connectivity index (χ1n) is 14.8. The number of nitrogens with zero attached hydrogens (tertiary/aromatic N) is 4. The van der Waals surface area contributed by atoms with E-state index in [-0.39, 0.29) is 17.7 Å². The minimum atomic E-state index is -0.220. The number of carbonyl (C=O) groups is 2. The second-order valence-corrected chi connectivity index (χ2v) is 12.0. The van der Waals surface area contributed by atoms with Crippen molar-refractivity contribution in [2.24, 2.45) is 22.4 Å². The number of likely N-dealkylation sites (tertiary alicyclic amines) is 2. The molecular weight excluding hydrogens is 514 g/mol. The Balaban J connectivity index is 1.30. The van der Waals surface area contributed by atoms with E-state index in [2.05, 4.69) is 58.8 Å². The molecule has 5 rings (SSSR count). The van der Waals surface area contributed by atoms with Crippen LogP contribution in [0.3, 0.4) is 0 Å². The Bertz CT molecular complexity index is 1460. The zero-order chi connectivity index (χ0) is 29.3. The smallest absolute Gasteiger partial charge is 0.236 e. The number of nitrogens with one attached hydrogen (secondary N) is 1. The van der Waals surface area contributed by atoms with E-state index >= 15 is 0 Å². The van der Waals surface area contributed by atoms with Crippen LogP contribution in [0.1, 0.15) is 73.6 Å². The highest BCUT2D eigenvalue weighted by molar-refractivity contribution is 5.92. The number of pyridine rings is 1. The van der Waals surface area contributed by atoms with E-state index in [1.54, 1.807) is 0 Å². The molecule has 2 amide bonds. The number of H-pyrrole nitrogens is 1. The van der Waals surface area contributed by atoms with Gasteiger partial charge in [-0.1, -0.05) is 19.9 Å². The fourth-order valence-electron chi connectivity index (χ4n) is 6.57. The van der Waals surface area contributed by atoms with Crippen LogP contribution in [0.2, 0.25) is 0 Å². The molecule has 2 aliphatic heterocycles. The molecule has 3 aromatic rings. The molecule has 0 radical (unpaired) electrons. The van der Waals surface area contributed by atoms with Gasteiger partial charge in [-0.2, -0.15) is 0 Å². The minimum Gasteiger partial charge on any atom is -0.390 e. The monoisotopic (exact) mass is 557 g/mol. The predicted octanol–water partition coefficient (Wildman–Crippen LogP) is 4.49. The number of hydrogen-bond acceptors (Lipinski definition) is 5. The summed E-state index contributed by atoms with van der Waals surface area (Å²) in [6, 6.07) is 6.81. The van der Waals surface area contributed by atoms with Crippen LogP contribution < -0.4 is 11.5 Å². The standard InChI is InChI=1S/C32H43N7O2/c1-19(2)29-25-15-24(5-6-27(25)37-30(29)26-16-35-32(36-18-33)21(4)20(26)3)22-9-13-39(14-10-22)28(40)17-38-11-7-23(8-12-38)31(34)41/h5-6,15-16,18-19,22-23,37H,7-14,17H2,1-4H3,(H2,34,41)(H2,33,35,36). The number of primary amides is 1. The first-order valence-corrected chi connectivity index (χ1v) is 14.8. The molecule has 4 heterocycles. The van der Waals surface area contributed by atoms with Crippen molar-refractivity contribution < 1.29 is 9.59 Å². The highest BCUT2D eigenvalue weighted by Crippen LogP contribution is 2.40. The molecule has 9 heteroatoms. The van der Waals surface area contributed by atoms with Crippen molar-refractivity contribution in [1.29, 1.82) is 0 Å². The number of piperidine rings is 2. The van der Waals surface area contributed by atoms with Crippen LogP contribution in [0.15, 0.2) is 29.4 Å². The van der Waals surface area contributed by atoms with Gasteiger partial charge in [0.15, 0.2) is 5.82 Å². The van der Waals surface area contributed by atoms with Gasteiger partial charge < -0.3 is 21.4 Å². The maximum absolute atomic E-state index is 13.0. The van der Waals surface area contributed by atoms with E-state index in [4.69, 9.17) is 11.5 Å². The number of aromatic amines is 1. The van der Waals surface area contributed by atoms with E-state index in [1.165, 1.54) is 22.9 Å². The highest BCUT2D eigenvalue weighted by atomic mass is 16.2. The normalized spacial score (nSPS) is 17.7. The maximum Gasteiger partial charge on any atom is 0.236 e. The third-order valence-electron chi connectivity index (χ3n) is 9.19. The summed E-state index contributed by atoms with van der Waals surface area (Å²) in [7, 11) is 0. The maximum atomic E-state index is 13.0. The molecular formula is C32H43N7O2. The van der Waals surface area contributed by atoms with Crippen LogP contribution in [0.25, 0.3) is 22.2 Å². The molecule has 2 fully saturated rings. The predicted molar refractivity (Wildman–Crippen MR) is 164 cm³/mol. The molecule has 5 N–H and O–H groups in total. The summed E-state index contributed by atoms with van der Waals surface area (Å²) in [6.07, 6.45) is 6.60. The largest absolute Gasteiger partial charge is 0.390 e. The second-order valence-electron chi connectivity index (χ2n) is 12.0. The lowest BCUT2D eigenvalue weighted by atomic mass is 9.87. The summed E-state index contributed by atoms with van der Waals surface area (Å²) in [5.41, 5.74) is 19.1. The van der Waals surface area contributed by atoms with Gasteiger partial charge in [-0.05, 0) is 98.8 Å². The quantitative estimate of drug-likeness (QED) is 0.291. The Kier molecular flexibility index (Phi) is 8.45. The first kappa shape index (κ1) is 28.8. The Morgan fingerprint density at radius 3 is 2.44 bits per heavy atom. The van der Waals surface area contributed by atoms with Crippen LogP contribution in [0, 0.1) is 19.8 Å². The Labute approximate surface area is 242 Å². The molecule has 0 atom stereocenters. The SMILES string of the molecule is Cc1c(-c2[nH]c3ccc(C4CCN(C(=O)CN5CCC(C(N)=O)CC5)CC4)cc3c2C(C)C)cnc(N=CN)c1C. The topological polar surface area (TPSA) is 134 Å². The van der Waals surface area contributed by atoms with E-state index in [1.807, 2.05) is 18.0 Å². The van der Waals surface area contributed by atoms with Gasteiger partial charge in [0.05, 0.1) is 18.6 Å². The lowest BCUT2D eigenvalue weighted by Gasteiger charge is -2.35. The second kappa shape index (κ2) is 12.0. The van der Waals surface area contributed by atoms with E-state index in [9.17, 15) is 9.59 Å². The average Bonchev–Trinajstić information content (AvgIpc) is 3.35. The Morgan fingerprint density at radius 2 is 1.80 bits per heavy atom. The van der Waals surface area contributed by atoms with Gasteiger partial charge in [0.2, 0.25) is 11.8 Å². The summed E-state index contributed by atoms with van der Waals surface area (Å²) in [5, 5.41) is 1.26. The number of benzene rings is 1. The summed E-state index contributed by atoms with van der Waals surface area (Å²) in [4.78, 5) is 41.1. The molecule has 1 aromatic carbocycles. The zero-order valence-electron chi connectivity index (χ0n) is 24.7.